The van der Waals surface area contributed by atoms with Gasteiger partial charge in [-0.05, 0) is 24.3 Å². The highest BCUT2D eigenvalue weighted by atomic mass is 35.5. The topological polar surface area (TPSA) is 60.5 Å². The summed E-state index contributed by atoms with van der Waals surface area (Å²) in [5.74, 6) is 0.883. The van der Waals surface area contributed by atoms with E-state index < -0.39 is 0 Å². The van der Waals surface area contributed by atoms with Crippen molar-refractivity contribution in [3.05, 3.63) is 46.4 Å². The second kappa shape index (κ2) is 7.25. The second-order valence-electron chi connectivity index (χ2n) is 4.74. The Hall–Kier alpha value is -2.02. The van der Waals surface area contributed by atoms with Crippen molar-refractivity contribution in [3.63, 3.8) is 0 Å². The smallest absolute Gasteiger partial charge is 0.264 e. The number of hydrogen-bond donors (Lipinski definition) is 1. The van der Waals surface area contributed by atoms with Crippen molar-refractivity contribution in [1.82, 2.24) is 4.98 Å². The van der Waals surface area contributed by atoms with E-state index in [4.69, 9.17) is 32.7 Å². The van der Waals surface area contributed by atoms with Crippen LogP contribution in [0.5, 0.6) is 11.5 Å². The molecule has 124 valence electrons. The number of methoxy groups -OCH3 is 1. The van der Waals surface area contributed by atoms with Gasteiger partial charge in [-0.3, -0.25) is 10.1 Å². The van der Waals surface area contributed by atoms with Gasteiger partial charge in [-0.15, -0.1) is 0 Å². The van der Waals surface area contributed by atoms with Gasteiger partial charge in [-0.1, -0.05) is 40.6 Å². The molecule has 0 bridgehead atoms. The molecule has 0 radical (unpaired) electrons. The molecule has 8 heteroatoms. The molecular formula is C16H12Cl2N2O3S. The SMILES string of the molecule is COc1cccc(OCC(=O)Nc2nc3c(Cl)c(Cl)ccc3s2)c1. The molecule has 24 heavy (non-hydrogen) atoms. The van der Waals surface area contributed by atoms with Crippen LogP contribution in [0, 0.1) is 0 Å². The van der Waals surface area contributed by atoms with Crippen LogP contribution in [-0.2, 0) is 4.79 Å². The molecule has 3 rings (SSSR count). The Kier molecular flexibility index (Phi) is 5.08. The van der Waals surface area contributed by atoms with Crippen LogP contribution < -0.4 is 14.8 Å². The average molecular weight is 383 g/mol. The molecule has 1 aromatic heterocycles. The zero-order chi connectivity index (χ0) is 17.1. The molecule has 1 heterocycles. The molecule has 3 aromatic rings. The highest BCUT2D eigenvalue weighted by Gasteiger charge is 2.12. The molecule has 0 aliphatic rings. The van der Waals surface area contributed by atoms with Gasteiger partial charge in [0.1, 0.15) is 17.0 Å². The maximum Gasteiger partial charge on any atom is 0.264 e. The Labute approximate surface area is 152 Å². The number of anilines is 1. The molecule has 0 aliphatic carbocycles. The Morgan fingerprint density at radius 2 is 2.04 bits per heavy atom. The fraction of sp³-hybridized carbons (Fsp3) is 0.125. The molecule has 2 aromatic carbocycles. The number of thiazole rings is 1. The summed E-state index contributed by atoms with van der Waals surface area (Å²) in [6, 6.07) is 10.5. The molecule has 0 saturated heterocycles. The number of fused-ring (bicyclic) bond motifs is 1. The highest BCUT2D eigenvalue weighted by molar-refractivity contribution is 7.22. The Bertz CT molecular complexity index is 898. The third-order valence-electron chi connectivity index (χ3n) is 3.11. The van der Waals surface area contributed by atoms with Crippen molar-refractivity contribution in [2.45, 2.75) is 0 Å². The maximum atomic E-state index is 12.0. The van der Waals surface area contributed by atoms with Gasteiger partial charge in [-0.25, -0.2) is 4.98 Å². The summed E-state index contributed by atoms with van der Waals surface area (Å²) in [6.07, 6.45) is 0. The van der Waals surface area contributed by atoms with Crippen LogP contribution in [0.15, 0.2) is 36.4 Å². The van der Waals surface area contributed by atoms with E-state index in [0.29, 0.717) is 32.2 Å². The third-order valence-corrected chi connectivity index (χ3v) is 4.84. The summed E-state index contributed by atoms with van der Waals surface area (Å²) in [7, 11) is 1.57. The Morgan fingerprint density at radius 3 is 2.83 bits per heavy atom. The van der Waals surface area contributed by atoms with E-state index in [1.807, 2.05) is 6.07 Å². The van der Waals surface area contributed by atoms with Gasteiger partial charge in [0.25, 0.3) is 5.91 Å². The third kappa shape index (κ3) is 3.72. The molecular weight excluding hydrogens is 371 g/mol. The number of halogens is 2. The number of amides is 1. The molecule has 0 aliphatic heterocycles. The summed E-state index contributed by atoms with van der Waals surface area (Å²) in [5, 5.41) is 3.92. The van der Waals surface area contributed by atoms with Gasteiger partial charge in [-0.2, -0.15) is 0 Å². The number of rotatable bonds is 5. The number of aromatic nitrogens is 1. The standard InChI is InChI=1S/C16H12Cl2N2O3S/c1-22-9-3-2-4-10(7-9)23-8-13(21)19-16-20-15-12(24-16)6-5-11(17)14(15)18/h2-7H,8H2,1H3,(H,19,20,21). The van der Waals surface area contributed by atoms with Crippen molar-refractivity contribution in [2.24, 2.45) is 0 Å². The lowest BCUT2D eigenvalue weighted by molar-refractivity contribution is -0.118. The lowest BCUT2D eigenvalue weighted by Crippen LogP contribution is -2.20. The quantitative estimate of drug-likeness (QED) is 0.698. The van der Waals surface area contributed by atoms with Crippen LogP contribution in [0.3, 0.4) is 0 Å². The molecule has 5 nitrogen and oxygen atoms in total. The van der Waals surface area contributed by atoms with Crippen LogP contribution in [0.1, 0.15) is 0 Å². The van der Waals surface area contributed by atoms with E-state index in [0.717, 1.165) is 4.70 Å². The van der Waals surface area contributed by atoms with E-state index in [9.17, 15) is 4.79 Å². The van der Waals surface area contributed by atoms with Crippen LogP contribution in [0.2, 0.25) is 10.0 Å². The van der Waals surface area contributed by atoms with Crippen molar-refractivity contribution < 1.29 is 14.3 Å². The van der Waals surface area contributed by atoms with Gasteiger partial charge >= 0.3 is 0 Å². The first-order valence-electron chi connectivity index (χ1n) is 6.88. The van der Waals surface area contributed by atoms with Crippen LogP contribution >= 0.6 is 34.5 Å². The minimum atomic E-state index is -0.320. The summed E-state index contributed by atoms with van der Waals surface area (Å²) < 4.78 is 11.4. The first kappa shape index (κ1) is 16.8. The number of hydrogen-bond acceptors (Lipinski definition) is 5. The molecule has 0 saturated carbocycles. The van der Waals surface area contributed by atoms with E-state index >= 15 is 0 Å². The zero-order valence-electron chi connectivity index (χ0n) is 12.5. The molecule has 0 atom stereocenters. The minimum Gasteiger partial charge on any atom is -0.497 e. The largest absolute Gasteiger partial charge is 0.497 e. The molecule has 0 spiro atoms. The summed E-state index contributed by atoms with van der Waals surface area (Å²) in [6.45, 7) is -0.141. The van der Waals surface area contributed by atoms with Crippen LogP contribution in [0.25, 0.3) is 10.2 Å². The number of ether oxygens (including phenoxy) is 2. The van der Waals surface area contributed by atoms with Crippen molar-refractivity contribution in [2.75, 3.05) is 19.0 Å². The molecule has 0 fully saturated rings. The fourth-order valence-electron chi connectivity index (χ4n) is 1.99. The number of nitrogens with one attached hydrogen (secondary N) is 1. The van der Waals surface area contributed by atoms with Gasteiger partial charge in [0, 0.05) is 6.07 Å². The van der Waals surface area contributed by atoms with E-state index in [1.54, 1.807) is 37.4 Å². The van der Waals surface area contributed by atoms with E-state index in [2.05, 4.69) is 10.3 Å². The van der Waals surface area contributed by atoms with Gasteiger partial charge in [0.15, 0.2) is 11.7 Å². The Morgan fingerprint density at radius 1 is 1.25 bits per heavy atom. The van der Waals surface area contributed by atoms with E-state index in [-0.39, 0.29) is 12.5 Å². The monoisotopic (exact) mass is 382 g/mol. The van der Waals surface area contributed by atoms with Crippen molar-refractivity contribution >= 4 is 55.8 Å². The number of carbonyl (C=O) groups excluding carboxylic acids is 1. The first-order chi connectivity index (χ1) is 11.6. The number of benzene rings is 2. The molecule has 1 amide bonds. The van der Waals surface area contributed by atoms with Crippen LogP contribution in [-0.4, -0.2) is 24.6 Å². The fourth-order valence-corrected chi connectivity index (χ4v) is 3.29. The predicted molar refractivity (Wildman–Crippen MR) is 96.8 cm³/mol. The summed E-state index contributed by atoms with van der Waals surface area (Å²) >= 11 is 13.4. The van der Waals surface area contributed by atoms with Gasteiger partial charge < -0.3 is 9.47 Å². The minimum absolute atomic E-state index is 0.141. The van der Waals surface area contributed by atoms with Crippen molar-refractivity contribution in [3.8, 4) is 11.5 Å². The van der Waals surface area contributed by atoms with Crippen molar-refractivity contribution in [1.29, 1.82) is 0 Å². The first-order valence-corrected chi connectivity index (χ1v) is 8.45. The highest BCUT2D eigenvalue weighted by Crippen LogP contribution is 2.35. The zero-order valence-corrected chi connectivity index (χ0v) is 14.8. The van der Waals surface area contributed by atoms with Crippen LogP contribution in [0.4, 0.5) is 5.13 Å². The predicted octanol–water partition coefficient (Wildman–Crippen LogP) is 4.63. The summed E-state index contributed by atoms with van der Waals surface area (Å²) in [5.41, 5.74) is 0.568. The lowest BCUT2D eigenvalue weighted by Gasteiger charge is -2.07. The lowest BCUT2D eigenvalue weighted by atomic mass is 10.3. The molecule has 1 N–H and O–H groups in total. The average Bonchev–Trinajstić information content (AvgIpc) is 3.00. The second-order valence-corrected chi connectivity index (χ2v) is 6.56. The van der Waals surface area contributed by atoms with Gasteiger partial charge in [0.2, 0.25) is 0 Å². The maximum absolute atomic E-state index is 12.0. The van der Waals surface area contributed by atoms with Gasteiger partial charge in [0.05, 0.1) is 21.9 Å². The summed E-state index contributed by atoms with van der Waals surface area (Å²) in [4.78, 5) is 16.3. The Balaban J connectivity index is 1.65. The van der Waals surface area contributed by atoms with E-state index in [1.165, 1.54) is 11.3 Å². The number of nitrogens with zero attached hydrogens (tertiary/aromatic N) is 1. The number of carbonyl (C=O) groups is 1. The molecule has 0 unspecified atom stereocenters. The normalized spacial score (nSPS) is 10.6.